The molecule has 0 aliphatic heterocycles. The van der Waals surface area contributed by atoms with E-state index in [0.717, 1.165) is 12.3 Å². The van der Waals surface area contributed by atoms with Crippen molar-refractivity contribution in [2.75, 3.05) is 11.9 Å². The first-order valence-electron chi connectivity index (χ1n) is 5.51. The first kappa shape index (κ1) is 13.3. The van der Waals surface area contributed by atoms with E-state index in [9.17, 15) is 13.2 Å². The molecule has 0 aliphatic rings. The summed E-state index contributed by atoms with van der Waals surface area (Å²) in [4.78, 5) is 7.69. The number of aromatic nitrogens is 3. The Balaban J connectivity index is 1.86. The zero-order valence-electron chi connectivity index (χ0n) is 10.0. The second kappa shape index (κ2) is 5.25. The van der Waals surface area contributed by atoms with Crippen LogP contribution in [0.25, 0.3) is 0 Å². The Kier molecular flexibility index (Phi) is 3.68. The van der Waals surface area contributed by atoms with Crippen molar-refractivity contribution < 1.29 is 17.7 Å². The highest BCUT2D eigenvalue weighted by Crippen LogP contribution is 2.28. The maximum absolute atomic E-state index is 12.3. The molecular formula is C11H11F3N4O. The van der Waals surface area contributed by atoms with E-state index in [4.69, 9.17) is 4.52 Å². The van der Waals surface area contributed by atoms with Crippen LogP contribution in [0.2, 0.25) is 0 Å². The van der Waals surface area contributed by atoms with E-state index < -0.39 is 11.7 Å². The SMILES string of the molecule is Cc1noc(CCNc2ccc(C(F)(F)F)cn2)n1. The number of pyridine rings is 1. The Labute approximate surface area is 106 Å². The van der Waals surface area contributed by atoms with Crippen molar-refractivity contribution in [3.05, 3.63) is 35.6 Å². The quantitative estimate of drug-likeness (QED) is 0.926. The molecule has 2 aromatic rings. The number of rotatable bonds is 4. The van der Waals surface area contributed by atoms with Crippen LogP contribution in [0.4, 0.5) is 19.0 Å². The van der Waals surface area contributed by atoms with Gasteiger partial charge in [0.05, 0.1) is 5.56 Å². The van der Waals surface area contributed by atoms with E-state index in [-0.39, 0.29) is 0 Å². The van der Waals surface area contributed by atoms with E-state index in [0.29, 0.717) is 30.5 Å². The summed E-state index contributed by atoms with van der Waals surface area (Å²) in [5.74, 6) is 1.38. The fourth-order valence-corrected chi connectivity index (χ4v) is 1.41. The highest BCUT2D eigenvalue weighted by molar-refractivity contribution is 5.36. The number of nitrogens with one attached hydrogen (secondary N) is 1. The van der Waals surface area contributed by atoms with Crippen LogP contribution in [0.3, 0.4) is 0 Å². The molecule has 1 N–H and O–H groups in total. The standard InChI is InChI=1S/C11H11F3N4O/c1-7-17-10(19-18-7)4-5-15-9-3-2-8(6-16-9)11(12,13)14/h2-3,6H,4-5H2,1H3,(H,15,16). The van der Waals surface area contributed by atoms with Crippen molar-refractivity contribution in [3.8, 4) is 0 Å². The van der Waals surface area contributed by atoms with Crippen LogP contribution >= 0.6 is 0 Å². The number of nitrogens with zero attached hydrogens (tertiary/aromatic N) is 3. The van der Waals surface area contributed by atoms with Gasteiger partial charge in [-0.05, 0) is 19.1 Å². The average molecular weight is 272 g/mol. The van der Waals surface area contributed by atoms with E-state index in [1.165, 1.54) is 6.07 Å². The van der Waals surface area contributed by atoms with Crippen molar-refractivity contribution in [3.63, 3.8) is 0 Å². The number of hydrogen-bond acceptors (Lipinski definition) is 5. The fourth-order valence-electron chi connectivity index (χ4n) is 1.41. The number of hydrogen-bond donors (Lipinski definition) is 1. The minimum atomic E-state index is -4.37. The zero-order chi connectivity index (χ0) is 13.9. The molecule has 0 saturated carbocycles. The first-order chi connectivity index (χ1) is 8.95. The van der Waals surface area contributed by atoms with Crippen LogP contribution in [-0.2, 0) is 12.6 Å². The molecule has 2 rings (SSSR count). The van der Waals surface area contributed by atoms with Gasteiger partial charge in [0.15, 0.2) is 5.82 Å². The Morgan fingerprint density at radius 2 is 2.11 bits per heavy atom. The highest BCUT2D eigenvalue weighted by Gasteiger charge is 2.30. The van der Waals surface area contributed by atoms with Gasteiger partial charge in [0.1, 0.15) is 5.82 Å². The highest BCUT2D eigenvalue weighted by atomic mass is 19.4. The molecule has 2 aromatic heterocycles. The van der Waals surface area contributed by atoms with Crippen molar-refractivity contribution in [1.82, 2.24) is 15.1 Å². The lowest BCUT2D eigenvalue weighted by Crippen LogP contribution is -2.09. The molecule has 2 heterocycles. The summed E-state index contributed by atoms with van der Waals surface area (Å²) >= 11 is 0. The molecule has 19 heavy (non-hydrogen) atoms. The monoisotopic (exact) mass is 272 g/mol. The topological polar surface area (TPSA) is 63.8 Å². The summed E-state index contributed by atoms with van der Waals surface area (Å²) in [6.07, 6.45) is -3.10. The van der Waals surface area contributed by atoms with E-state index >= 15 is 0 Å². The summed E-state index contributed by atoms with van der Waals surface area (Å²) in [6, 6.07) is 2.26. The third kappa shape index (κ3) is 3.67. The van der Waals surface area contributed by atoms with Gasteiger partial charge in [0.2, 0.25) is 5.89 Å². The maximum atomic E-state index is 12.3. The Morgan fingerprint density at radius 1 is 1.32 bits per heavy atom. The minimum Gasteiger partial charge on any atom is -0.370 e. The third-order valence-electron chi connectivity index (χ3n) is 2.31. The molecule has 0 spiro atoms. The molecule has 0 saturated heterocycles. The summed E-state index contributed by atoms with van der Waals surface area (Å²) in [6.45, 7) is 2.15. The number of alkyl halides is 3. The first-order valence-corrected chi connectivity index (χ1v) is 5.51. The summed E-state index contributed by atoms with van der Waals surface area (Å²) in [5, 5.41) is 6.50. The molecule has 0 atom stereocenters. The molecule has 8 heteroatoms. The van der Waals surface area contributed by atoms with E-state index in [1.807, 2.05) is 0 Å². The third-order valence-corrected chi connectivity index (χ3v) is 2.31. The van der Waals surface area contributed by atoms with Crippen molar-refractivity contribution in [2.45, 2.75) is 19.5 Å². The number of halogens is 3. The predicted molar refractivity (Wildman–Crippen MR) is 60.5 cm³/mol. The second-order valence-corrected chi connectivity index (χ2v) is 3.84. The lowest BCUT2D eigenvalue weighted by atomic mass is 10.3. The molecule has 0 unspecified atom stereocenters. The van der Waals surface area contributed by atoms with Crippen molar-refractivity contribution in [2.24, 2.45) is 0 Å². The van der Waals surface area contributed by atoms with Crippen molar-refractivity contribution in [1.29, 1.82) is 0 Å². The molecule has 0 fully saturated rings. The molecule has 5 nitrogen and oxygen atoms in total. The van der Waals surface area contributed by atoms with Crippen LogP contribution < -0.4 is 5.32 Å². The number of anilines is 1. The van der Waals surface area contributed by atoms with Gasteiger partial charge < -0.3 is 9.84 Å². The van der Waals surface area contributed by atoms with Crippen molar-refractivity contribution >= 4 is 5.82 Å². The molecule has 0 bridgehead atoms. The summed E-state index contributed by atoms with van der Waals surface area (Å²) in [5.41, 5.74) is -0.773. The minimum absolute atomic E-state index is 0.365. The summed E-state index contributed by atoms with van der Waals surface area (Å²) in [7, 11) is 0. The molecule has 0 aliphatic carbocycles. The molecular weight excluding hydrogens is 261 g/mol. The van der Waals surface area contributed by atoms with Crippen LogP contribution in [0.1, 0.15) is 17.3 Å². The lowest BCUT2D eigenvalue weighted by molar-refractivity contribution is -0.137. The molecule has 0 radical (unpaired) electrons. The van der Waals surface area contributed by atoms with Gasteiger partial charge in [-0.2, -0.15) is 18.2 Å². The molecule has 102 valence electrons. The van der Waals surface area contributed by atoms with Crippen LogP contribution in [0.15, 0.2) is 22.9 Å². The smallest absolute Gasteiger partial charge is 0.370 e. The van der Waals surface area contributed by atoms with Crippen LogP contribution in [-0.4, -0.2) is 21.7 Å². The van der Waals surface area contributed by atoms with Crippen LogP contribution in [0, 0.1) is 6.92 Å². The Morgan fingerprint density at radius 3 is 2.63 bits per heavy atom. The Hall–Kier alpha value is -2.12. The summed E-state index contributed by atoms with van der Waals surface area (Å²) < 4.78 is 41.8. The largest absolute Gasteiger partial charge is 0.417 e. The van der Waals surface area contributed by atoms with Gasteiger partial charge in [-0.15, -0.1) is 0 Å². The van der Waals surface area contributed by atoms with E-state index in [1.54, 1.807) is 6.92 Å². The van der Waals surface area contributed by atoms with Gasteiger partial charge >= 0.3 is 6.18 Å². The number of aryl methyl sites for hydroxylation is 1. The average Bonchev–Trinajstić information content (AvgIpc) is 2.75. The Bertz CT molecular complexity index is 536. The van der Waals surface area contributed by atoms with E-state index in [2.05, 4.69) is 20.4 Å². The predicted octanol–water partition coefficient (Wildman–Crippen LogP) is 2.45. The van der Waals surface area contributed by atoms with Gasteiger partial charge in [0.25, 0.3) is 0 Å². The lowest BCUT2D eigenvalue weighted by Gasteiger charge is -2.07. The zero-order valence-corrected chi connectivity index (χ0v) is 10.0. The van der Waals surface area contributed by atoms with Gasteiger partial charge in [-0.3, -0.25) is 0 Å². The second-order valence-electron chi connectivity index (χ2n) is 3.84. The van der Waals surface area contributed by atoms with Gasteiger partial charge in [-0.25, -0.2) is 4.98 Å². The van der Waals surface area contributed by atoms with Gasteiger partial charge in [-0.1, -0.05) is 5.16 Å². The van der Waals surface area contributed by atoms with Crippen LogP contribution in [0.5, 0.6) is 0 Å². The molecule has 0 aromatic carbocycles. The molecule has 0 amide bonds. The fraction of sp³-hybridized carbons (Fsp3) is 0.364. The van der Waals surface area contributed by atoms with Gasteiger partial charge in [0, 0.05) is 19.2 Å². The normalized spacial score (nSPS) is 11.6. The maximum Gasteiger partial charge on any atom is 0.417 e.